The van der Waals surface area contributed by atoms with Gasteiger partial charge in [0.15, 0.2) is 5.78 Å². The zero-order valence-corrected chi connectivity index (χ0v) is 23.5. The number of esters is 1. The standard InChI is InChI=1S/C32H36N2O6/c1-4-28(35)40-33-25(8-11-29(36)39-3)30(37)21-6-9-26-23(18-21)24-19-22(7-10-27(24)34(26)5-2)31(38)32-15-12-20(13-16-32)14-17-32/h6-7,9-10,18-20H,4-5,8,11-17H2,1-3H3. The third kappa shape index (κ3) is 5.07. The highest BCUT2D eigenvalue weighted by atomic mass is 16.7. The number of methoxy groups -OCH3 is 1. The lowest BCUT2D eigenvalue weighted by molar-refractivity contribution is -0.143. The normalized spacial score (nSPS) is 20.6. The molecule has 0 amide bonds. The molecule has 6 rings (SSSR count). The fourth-order valence-corrected chi connectivity index (χ4v) is 6.48. The lowest BCUT2D eigenvalue weighted by Gasteiger charge is -2.45. The van der Waals surface area contributed by atoms with Crippen molar-refractivity contribution < 1.29 is 28.8 Å². The minimum absolute atomic E-state index is 0.0289. The van der Waals surface area contributed by atoms with Crippen molar-refractivity contribution in [2.75, 3.05) is 7.11 Å². The highest BCUT2D eigenvalue weighted by Crippen LogP contribution is 2.52. The maximum absolute atomic E-state index is 13.8. The number of Topliss-reactive ketones (excluding diaryl/α,β-unsaturated/α-hetero) is 2. The molecule has 0 aliphatic heterocycles. The predicted molar refractivity (Wildman–Crippen MR) is 152 cm³/mol. The van der Waals surface area contributed by atoms with E-state index in [9.17, 15) is 19.2 Å². The van der Waals surface area contributed by atoms with Gasteiger partial charge in [0, 0.05) is 57.7 Å². The van der Waals surface area contributed by atoms with Gasteiger partial charge in [-0.25, -0.2) is 4.79 Å². The van der Waals surface area contributed by atoms with E-state index in [1.807, 2.05) is 24.3 Å². The Morgan fingerprint density at radius 3 is 2.05 bits per heavy atom. The first kappa shape index (κ1) is 27.7. The molecule has 0 atom stereocenters. The molecule has 8 nitrogen and oxygen atoms in total. The van der Waals surface area contributed by atoms with Crippen LogP contribution in [0.15, 0.2) is 41.6 Å². The van der Waals surface area contributed by atoms with Crippen LogP contribution in [0.2, 0.25) is 0 Å². The van der Waals surface area contributed by atoms with Crippen LogP contribution < -0.4 is 0 Å². The highest BCUT2D eigenvalue weighted by molar-refractivity contribution is 6.46. The van der Waals surface area contributed by atoms with Gasteiger partial charge < -0.3 is 14.1 Å². The van der Waals surface area contributed by atoms with Crippen LogP contribution in [0.25, 0.3) is 21.8 Å². The molecular weight excluding hydrogens is 508 g/mol. The smallest absolute Gasteiger partial charge is 0.334 e. The van der Waals surface area contributed by atoms with E-state index in [1.54, 1.807) is 19.1 Å². The van der Waals surface area contributed by atoms with Crippen LogP contribution in [0, 0.1) is 11.3 Å². The summed E-state index contributed by atoms with van der Waals surface area (Å²) < 4.78 is 6.88. The zero-order valence-electron chi connectivity index (χ0n) is 23.5. The second kappa shape index (κ2) is 11.4. The molecule has 0 N–H and O–H groups in total. The largest absolute Gasteiger partial charge is 0.469 e. The fraction of sp³-hybridized carbons (Fsp3) is 0.469. The van der Waals surface area contributed by atoms with Crippen LogP contribution in [-0.4, -0.2) is 40.9 Å². The summed E-state index contributed by atoms with van der Waals surface area (Å²) in [5.74, 6) is -0.480. The summed E-state index contributed by atoms with van der Waals surface area (Å²) in [6.07, 6.45) is 6.34. The predicted octanol–water partition coefficient (Wildman–Crippen LogP) is 6.41. The molecule has 2 bridgehead atoms. The van der Waals surface area contributed by atoms with Gasteiger partial charge in [0.05, 0.1) is 13.5 Å². The second-order valence-electron chi connectivity index (χ2n) is 11.1. The van der Waals surface area contributed by atoms with E-state index in [4.69, 9.17) is 9.57 Å². The van der Waals surface area contributed by atoms with Crippen molar-refractivity contribution in [3.63, 3.8) is 0 Å². The van der Waals surface area contributed by atoms with E-state index in [0.717, 1.165) is 78.4 Å². The first-order valence-electron chi connectivity index (χ1n) is 14.3. The SMILES string of the molecule is CCC(=O)ON=C(CCC(=O)OC)C(=O)c1ccc2c(c1)c1cc(C(=O)C34CCC(CC3)CC4)ccc1n2CC. The molecule has 0 saturated heterocycles. The molecule has 2 aromatic carbocycles. The van der Waals surface area contributed by atoms with Gasteiger partial charge in [-0.2, -0.15) is 0 Å². The number of ketones is 2. The quantitative estimate of drug-likeness (QED) is 0.0960. The molecule has 3 saturated carbocycles. The number of aromatic nitrogens is 1. The number of oxime groups is 1. The molecule has 3 aliphatic carbocycles. The molecule has 0 radical (unpaired) electrons. The Balaban J connectivity index is 1.54. The third-order valence-electron chi connectivity index (χ3n) is 8.88. The first-order valence-corrected chi connectivity index (χ1v) is 14.3. The first-order chi connectivity index (χ1) is 19.3. The van der Waals surface area contributed by atoms with Gasteiger partial charge in [-0.3, -0.25) is 14.4 Å². The van der Waals surface area contributed by atoms with Gasteiger partial charge in [-0.15, -0.1) is 0 Å². The summed E-state index contributed by atoms with van der Waals surface area (Å²) in [6.45, 7) is 4.42. The monoisotopic (exact) mass is 544 g/mol. The lowest BCUT2D eigenvalue weighted by atomic mass is 9.58. The molecule has 210 valence electrons. The Bertz CT molecular complexity index is 1510. The van der Waals surface area contributed by atoms with E-state index >= 15 is 0 Å². The van der Waals surface area contributed by atoms with E-state index in [1.165, 1.54) is 7.11 Å². The topological polar surface area (TPSA) is 104 Å². The second-order valence-corrected chi connectivity index (χ2v) is 11.1. The molecule has 3 fully saturated rings. The van der Waals surface area contributed by atoms with Gasteiger partial charge >= 0.3 is 11.9 Å². The molecule has 1 aromatic heterocycles. The summed E-state index contributed by atoms with van der Waals surface area (Å²) in [5.41, 5.74) is 2.77. The van der Waals surface area contributed by atoms with Crippen molar-refractivity contribution in [1.29, 1.82) is 0 Å². The number of hydrogen-bond donors (Lipinski definition) is 0. The highest BCUT2D eigenvalue weighted by Gasteiger charge is 2.45. The lowest BCUT2D eigenvalue weighted by Crippen LogP contribution is -2.40. The fourth-order valence-electron chi connectivity index (χ4n) is 6.48. The Morgan fingerprint density at radius 1 is 0.875 bits per heavy atom. The summed E-state index contributed by atoms with van der Waals surface area (Å²) in [6, 6.07) is 11.4. The van der Waals surface area contributed by atoms with Gasteiger partial charge in [0.1, 0.15) is 5.71 Å². The van der Waals surface area contributed by atoms with Crippen molar-refractivity contribution >= 4 is 51.0 Å². The number of carbonyl (C=O) groups is 4. The minimum atomic E-state index is -0.576. The van der Waals surface area contributed by atoms with Crippen LogP contribution in [0.4, 0.5) is 0 Å². The summed E-state index contributed by atoms with van der Waals surface area (Å²) in [7, 11) is 1.27. The van der Waals surface area contributed by atoms with E-state index in [0.29, 0.717) is 5.56 Å². The molecule has 1 heterocycles. The molecule has 8 heteroatoms. The average Bonchev–Trinajstić information content (AvgIpc) is 3.32. The number of benzene rings is 2. The van der Waals surface area contributed by atoms with Crippen molar-refractivity contribution in [2.24, 2.45) is 16.5 Å². The van der Waals surface area contributed by atoms with Crippen LogP contribution in [0.5, 0.6) is 0 Å². The van der Waals surface area contributed by atoms with Crippen molar-refractivity contribution in [2.45, 2.75) is 78.2 Å². The van der Waals surface area contributed by atoms with Crippen LogP contribution in [0.1, 0.15) is 92.4 Å². The van der Waals surface area contributed by atoms with Crippen molar-refractivity contribution in [1.82, 2.24) is 4.57 Å². The molecule has 40 heavy (non-hydrogen) atoms. The van der Waals surface area contributed by atoms with Crippen molar-refractivity contribution in [3.8, 4) is 0 Å². The van der Waals surface area contributed by atoms with Crippen LogP contribution in [-0.2, 0) is 25.7 Å². The summed E-state index contributed by atoms with van der Waals surface area (Å²) in [5, 5.41) is 5.59. The van der Waals surface area contributed by atoms with Gasteiger partial charge in [-0.05, 0) is 87.8 Å². The summed E-state index contributed by atoms with van der Waals surface area (Å²) >= 11 is 0. The number of rotatable bonds is 10. The molecule has 3 aliphatic rings. The molecule has 3 aromatic rings. The number of hydrogen-bond acceptors (Lipinski definition) is 7. The Hall–Kier alpha value is -3.81. The number of fused-ring (bicyclic) bond motifs is 6. The van der Waals surface area contributed by atoms with Gasteiger partial charge in [0.2, 0.25) is 5.78 Å². The maximum Gasteiger partial charge on any atom is 0.334 e. The van der Waals surface area contributed by atoms with Gasteiger partial charge in [0.25, 0.3) is 0 Å². The Morgan fingerprint density at radius 2 is 1.48 bits per heavy atom. The summed E-state index contributed by atoms with van der Waals surface area (Å²) in [4.78, 5) is 55.7. The zero-order chi connectivity index (χ0) is 28.4. The number of ether oxygens (including phenoxy) is 1. The Labute approximate surface area is 233 Å². The number of carbonyl (C=O) groups excluding carboxylic acids is 4. The van der Waals surface area contributed by atoms with Crippen LogP contribution >= 0.6 is 0 Å². The molecule has 0 unspecified atom stereocenters. The van der Waals surface area contributed by atoms with Gasteiger partial charge in [-0.1, -0.05) is 12.1 Å². The molecule has 0 spiro atoms. The van der Waals surface area contributed by atoms with E-state index in [2.05, 4.69) is 16.6 Å². The van der Waals surface area contributed by atoms with Crippen molar-refractivity contribution in [3.05, 3.63) is 47.5 Å². The number of aryl methyl sites for hydroxylation is 1. The maximum atomic E-state index is 13.8. The van der Waals surface area contributed by atoms with E-state index in [-0.39, 0.29) is 36.2 Å². The molecular formula is C32H36N2O6. The average molecular weight is 545 g/mol. The van der Waals surface area contributed by atoms with E-state index < -0.39 is 17.7 Å². The third-order valence-corrected chi connectivity index (χ3v) is 8.88. The Kier molecular flexibility index (Phi) is 7.88. The number of nitrogens with zero attached hydrogens (tertiary/aromatic N) is 2. The van der Waals surface area contributed by atoms with Crippen LogP contribution in [0.3, 0.4) is 0 Å². The minimum Gasteiger partial charge on any atom is -0.469 e.